The fourth-order valence-corrected chi connectivity index (χ4v) is 3.57. The van der Waals surface area contributed by atoms with Crippen LogP contribution in [-0.4, -0.2) is 59.9 Å². The molecule has 1 saturated heterocycles. The van der Waals surface area contributed by atoms with Gasteiger partial charge in [-0.2, -0.15) is 0 Å². The van der Waals surface area contributed by atoms with E-state index < -0.39 is 5.54 Å². The highest BCUT2D eigenvalue weighted by molar-refractivity contribution is 5.92. The molecule has 0 bridgehead atoms. The normalized spacial score (nSPS) is 19.2. The third-order valence-corrected chi connectivity index (χ3v) is 5.01. The van der Waals surface area contributed by atoms with Crippen LogP contribution in [0, 0.1) is 0 Å². The molecule has 2 aliphatic rings. The number of para-hydroxylation sites is 1. The van der Waals surface area contributed by atoms with Gasteiger partial charge in [-0.3, -0.25) is 14.5 Å². The van der Waals surface area contributed by atoms with E-state index in [1.54, 1.807) is 0 Å². The number of hydrogen-bond donors (Lipinski definition) is 2. The van der Waals surface area contributed by atoms with Crippen molar-refractivity contribution in [3.05, 3.63) is 30.3 Å². The van der Waals surface area contributed by atoms with Crippen LogP contribution in [0.3, 0.4) is 0 Å². The zero-order valence-corrected chi connectivity index (χ0v) is 16.5. The molecule has 0 unspecified atom stereocenters. The first kappa shape index (κ1) is 22.7. The van der Waals surface area contributed by atoms with Gasteiger partial charge >= 0.3 is 0 Å². The Balaban J connectivity index is 0.00000169. The number of hydrogen-bond acceptors (Lipinski definition) is 4. The number of nitrogens with one attached hydrogen (secondary N) is 1. The third kappa shape index (κ3) is 5.58. The minimum Gasteiger partial charge on any atom is -0.339 e. The molecule has 2 amide bonds. The van der Waals surface area contributed by atoms with Crippen molar-refractivity contribution < 1.29 is 9.59 Å². The summed E-state index contributed by atoms with van der Waals surface area (Å²) in [5.74, 6) is 0.0699. The number of nitrogens with two attached hydrogens (primary N) is 1. The first-order chi connectivity index (χ1) is 11.6. The molecule has 8 heteroatoms. The van der Waals surface area contributed by atoms with Gasteiger partial charge in [0.05, 0.1) is 12.1 Å². The third-order valence-electron chi connectivity index (χ3n) is 5.01. The predicted octanol–water partition coefficient (Wildman–Crippen LogP) is 1.88. The van der Waals surface area contributed by atoms with Crippen LogP contribution in [0.25, 0.3) is 0 Å². The summed E-state index contributed by atoms with van der Waals surface area (Å²) >= 11 is 0. The first-order valence-electron chi connectivity index (χ1n) is 8.72. The number of carbonyl (C=O) groups excluding carboxylic acids is 2. The van der Waals surface area contributed by atoms with Crippen molar-refractivity contribution in [2.75, 3.05) is 38.0 Å². The summed E-state index contributed by atoms with van der Waals surface area (Å²) in [5.41, 5.74) is 6.43. The van der Waals surface area contributed by atoms with Gasteiger partial charge in [-0.25, -0.2) is 0 Å². The lowest BCUT2D eigenvalue weighted by Crippen LogP contribution is -2.58. The van der Waals surface area contributed by atoms with Crippen LogP contribution in [0.4, 0.5) is 5.69 Å². The maximum absolute atomic E-state index is 12.6. The molecule has 26 heavy (non-hydrogen) atoms. The lowest BCUT2D eigenvalue weighted by molar-refractivity contribution is -0.138. The number of benzene rings is 1. The molecular formula is C18H28Cl2N4O2. The van der Waals surface area contributed by atoms with E-state index in [1.165, 1.54) is 0 Å². The monoisotopic (exact) mass is 402 g/mol. The molecule has 3 rings (SSSR count). The van der Waals surface area contributed by atoms with Crippen molar-refractivity contribution in [1.29, 1.82) is 0 Å². The quantitative estimate of drug-likeness (QED) is 0.805. The van der Waals surface area contributed by atoms with Gasteiger partial charge in [0.2, 0.25) is 11.8 Å². The number of anilines is 1. The Kier molecular flexibility index (Phi) is 8.83. The van der Waals surface area contributed by atoms with E-state index in [4.69, 9.17) is 5.73 Å². The second-order valence-corrected chi connectivity index (χ2v) is 6.85. The Morgan fingerprint density at radius 3 is 2.15 bits per heavy atom. The number of carbonyl (C=O) groups is 2. The molecule has 1 heterocycles. The summed E-state index contributed by atoms with van der Waals surface area (Å²) in [6.45, 7) is 3.07. The maximum Gasteiger partial charge on any atom is 0.242 e. The average Bonchev–Trinajstić information content (AvgIpc) is 3.04. The van der Waals surface area contributed by atoms with Gasteiger partial charge in [0.1, 0.15) is 0 Å². The molecule has 6 nitrogen and oxygen atoms in total. The molecule has 0 spiro atoms. The average molecular weight is 403 g/mol. The Morgan fingerprint density at radius 2 is 1.58 bits per heavy atom. The highest BCUT2D eigenvalue weighted by Gasteiger charge is 2.40. The SMILES string of the molecule is Cl.Cl.NC1(C(=O)N2CCN(CC(=O)Nc3ccccc3)CC2)CCCC1. The summed E-state index contributed by atoms with van der Waals surface area (Å²) in [6, 6.07) is 9.45. The van der Waals surface area contributed by atoms with Crippen LogP contribution in [-0.2, 0) is 9.59 Å². The lowest BCUT2D eigenvalue weighted by Gasteiger charge is -2.38. The van der Waals surface area contributed by atoms with Crippen LogP contribution in [0.2, 0.25) is 0 Å². The fourth-order valence-electron chi connectivity index (χ4n) is 3.57. The fraction of sp³-hybridized carbons (Fsp3) is 0.556. The van der Waals surface area contributed by atoms with E-state index in [9.17, 15) is 9.59 Å². The van der Waals surface area contributed by atoms with Gasteiger partial charge in [-0.15, -0.1) is 24.8 Å². The van der Waals surface area contributed by atoms with Crippen LogP contribution in [0.5, 0.6) is 0 Å². The van der Waals surface area contributed by atoms with E-state index in [-0.39, 0.29) is 36.6 Å². The van der Waals surface area contributed by atoms with Crippen LogP contribution in [0.1, 0.15) is 25.7 Å². The minimum absolute atomic E-state index is 0. The topological polar surface area (TPSA) is 78.7 Å². The molecule has 1 aliphatic carbocycles. The summed E-state index contributed by atoms with van der Waals surface area (Å²) in [4.78, 5) is 28.7. The number of nitrogens with zero attached hydrogens (tertiary/aromatic N) is 2. The Hall–Kier alpha value is -1.34. The molecule has 146 valence electrons. The molecule has 0 radical (unpaired) electrons. The molecule has 0 aromatic heterocycles. The van der Waals surface area contributed by atoms with Crippen molar-refractivity contribution in [3.63, 3.8) is 0 Å². The second kappa shape index (κ2) is 10.1. The van der Waals surface area contributed by atoms with E-state index in [0.717, 1.165) is 31.4 Å². The van der Waals surface area contributed by atoms with Crippen LogP contribution in [0.15, 0.2) is 30.3 Å². The Bertz CT molecular complexity index is 586. The standard InChI is InChI=1S/C18H26N4O2.2ClH/c19-18(8-4-5-9-18)17(24)22-12-10-21(11-13-22)14-16(23)20-15-6-2-1-3-7-15;;/h1-3,6-7H,4-5,8-14,19H2,(H,20,23);2*1H. The highest BCUT2D eigenvalue weighted by atomic mass is 35.5. The molecule has 0 atom stereocenters. The van der Waals surface area contributed by atoms with Crippen molar-refractivity contribution in [2.24, 2.45) is 5.73 Å². The van der Waals surface area contributed by atoms with Gasteiger partial charge < -0.3 is 16.0 Å². The number of amides is 2. The van der Waals surface area contributed by atoms with E-state index >= 15 is 0 Å². The Labute approximate surface area is 167 Å². The van der Waals surface area contributed by atoms with Crippen molar-refractivity contribution in [3.8, 4) is 0 Å². The lowest BCUT2D eigenvalue weighted by atomic mass is 9.97. The molecule has 1 aliphatic heterocycles. The van der Waals surface area contributed by atoms with E-state index in [1.807, 2.05) is 35.2 Å². The Morgan fingerprint density at radius 1 is 1.00 bits per heavy atom. The molecule has 2 fully saturated rings. The second-order valence-electron chi connectivity index (χ2n) is 6.85. The van der Waals surface area contributed by atoms with E-state index in [0.29, 0.717) is 32.7 Å². The molecular weight excluding hydrogens is 375 g/mol. The highest BCUT2D eigenvalue weighted by Crippen LogP contribution is 2.29. The smallest absolute Gasteiger partial charge is 0.242 e. The van der Waals surface area contributed by atoms with Crippen LogP contribution >= 0.6 is 24.8 Å². The van der Waals surface area contributed by atoms with Crippen molar-refractivity contribution in [1.82, 2.24) is 9.80 Å². The number of rotatable bonds is 4. The largest absolute Gasteiger partial charge is 0.339 e. The molecule has 3 N–H and O–H groups in total. The zero-order valence-electron chi connectivity index (χ0n) is 14.9. The molecule has 1 saturated carbocycles. The van der Waals surface area contributed by atoms with Gasteiger partial charge in [0.15, 0.2) is 0 Å². The summed E-state index contributed by atoms with van der Waals surface area (Å²) in [7, 11) is 0. The predicted molar refractivity (Wildman–Crippen MR) is 108 cm³/mol. The summed E-state index contributed by atoms with van der Waals surface area (Å²) in [5, 5.41) is 2.89. The van der Waals surface area contributed by atoms with Gasteiger partial charge in [-0.05, 0) is 25.0 Å². The minimum atomic E-state index is -0.646. The molecule has 1 aromatic rings. The summed E-state index contributed by atoms with van der Waals surface area (Å²) in [6.07, 6.45) is 3.68. The maximum atomic E-state index is 12.6. The van der Waals surface area contributed by atoms with E-state index in [2.05, 4.69) is 10.2 Å². The van der Waals surface area contributed by atoms with Crippen LogP contribution < -0.4 is 11.1 Å². The van der Waals surface area contributed by atoms with Gasteiger partial charge in [0.25, 0.3) is 0 Å². The van der Waals surface area contributed by atoms with Crippen molar-refractivity contribution >= 4 is 42.3 Å². The van der Waals surface area contributed by atoms with Gasteiger partial charge in [-0.1, -0.05) is 31.0 Å². The number of piperazine rings is 1. The summed E-state index contributed by atoms with van der Waals surface area (Å²) < 4.78 is 0. The first-order valence-corrected chi connectivity index (χ1v) is 8.72. The van der Waals surface area contributed by atoms with Crippen molar-refractivity contribution in [2.45, 2.75) is 31.2 Å². The zero-order chi connectivity index (χ0) is 17.0. The molecule has 1 aromatic carbocycles. The van der Waals surface area contributed by atoms with Gasteiger partial charge in [0, 0.05) is 31.9 Å². The number of halogens is 2.